The Hall–Kier alpha value is -0.960. The van der Waals surface area contributed by atoms with Crippen molar-refractivity contribution in [2.75, 3.05) is 0 Å². The normalized spacial score (nSPS) is 16.6. The molecule has 0 amide bonds. The zero-order valence-electron chi connectivity index (χ0n) is 9.62. The lowest BCUT2D eigenvalue weighted by molar-refractivity contribution is 0.886. The number of amidine groups is 1. The van der Waals surface area contributed by atoms with Gasteiger partial charge < -0.3 is 5.73 Å². The quantitative estimate of drug-likeness (QED) is 0.622. The van der Waals surface area contributed by atoms with Gasteiger partial charge in [0.05, 0.1) is 0 Å². The first-order valence-corrected chi connectivity index (χ1v) is 6.67. The predicted molar refractivity (Wildman–Crippen MR) is 70.3 cm³/mol. The minimum Gasteiger partial charge on any atom is -0.384 e. The van der Waals surface area contributed by atoms with E-state index in [1.807, 2.05) is 23.9 Å². The summed E-state index contributed by atoms with van der Waals surface area (Å²) in [6.07, 6.45) is 5.30. The van der Waals surface area contributed by atoms with E-state index >= 15 is 0 Å². The highest BCUT2D eigenvalue weighted by Gasteiger charge is 2.19. The van der Waals surface area contributed by atoms with Crippen molar-refractivity contribution in [3.05, 3.63) is 29.3 Å². The fourth-order valence-electron chi connectivity index (χ4n) is 2.19. The van der Waals surface area contributed by atoms with Crippen LogP contribution in [0.5, 0.6) is 0 Å². The highest BCUT2D eigenvalue weighted by Crippen LogP contribution is 2.37. The van der Waals surface area contributed by atoms with Gasteiger partial charge >= 0.3 is 0 Å². The minimum absolute atomic E-state index is 0.184. The third-order valence-corrected chi connectivity index (χ3v) is 4.67. The molecule has 0 radical (unpaired) electrons. The van der Waals surface area contributed by atoms with Gasteiger partial charge in [-0.25, -0.2) is 0 Å². The van der Waals surface area contributed by atoms with E-state index in [-0.39, 0.29) is 5.84 Å². The average molecular weight is 234 g/mol. The molecule has 2 rings (SSSR count). The number of nitrogen functional groups attached to an aromatic ring is 1. The summed E-state index contributed by atoms with van der Waals surface area (Å²) in [6, 6.07) is 6.03. The molecule has 16 heavy (non-hydrogen) atoms. The molecule has 0 bridgehead atoms. The summed E-state index contributed by atoms with van der Waals surface area (Å²) in [5.74, 6) is 0.184. The van der Waals surface area contributed by atoms with Crippen LogP contribution in [-0.2, 0) is 0 Å². The number of hydrogen-bond acceptors (Lipinski definition) is 2. The van der Waals surface area contributed by atoms with Crippen LogP contribution in [0.15, 0.2) is 23.1 Å². The van der Waals surface area contributed by atoms with E-state index in [4.69, 9.17) is 11.1 Å². The lowest BCUT2D eigenvalue weighted by Crippen LogP contribution is -2.13. The summed E-state index contributed by atoms with van der Waals surface area (Å²) in [5.41, 5.74) is 7.77. The van der Waals surface area contributed by atoms with Crippen molar-refractivity contribution >= 4 is 17.6 Å². The molecule has 1 aliphatic carbocycles. The molecule has 1 aromatic carbocycles. The lowest BCUT2D eigenvalue weighted by Gasteiger charge is -2.14. The summed E-state index contributed by atoms with van der Waals surface area (Å²) < 4.78 is 0. The summed E-state index contributed by atoms with van der Waals surface area (Å²) in [7, 11) is 0. The molecule has 86 valence electrons. The Morgan fingerprint density at radius 1 is 1.38 bits per heavy atom. The maximum absolute atomic E-state index is 7.61. The molecule has 2 nitrogen and oxygen atoms in total. The Bertz CT molecular complexity index is 395. The van der Waals surface area contributed by atoms with Gasteiger partial charge in [0, 0.05) is 15.7 Å². The molecule has 1 aliphatic rings. The highest BCUT2D eigenvalue weighted by molar-refractivity contribution is 8.00. The Morgan fingerprint density at radius 3 is 2.69 bits per heavy atom. The highest BCUT2D eigenvalue weighted by atomic mass is 32.2. The molecule has 3 heteroatoms. The molecule has 1 fully saturated rings. The standard InChI is InChI=1S/C13H18N2S/c1-9-5-4-8-11(13(14)15)12(9)16-10-6-2-3-7-10/h4-5,8,10H,2-3,6-7H2,1H3,(H3,14,15). The summed E-state index contributed by atoms with van der Waals surface area (Å²) in [4.78, 5) is 1.21. The Morgan fingerprint density at radius 2 is 2.06 bits per heavy atom. The lowest BCUT2D eigenvalue weighted by atomic mass is 10.1. The van der Waals surface area contributed by atoms with E-state index in [0.717, 1.165) is 10.8 Å². The van der Waals surface area contributed by atoms with Crippen molar-refractivity contribution in [1.82, 2.24) is 0 Å². The van der Waals surface area contributed by atoms with Crippen LogP contribution in [-0.4, -0.2) is 11.1 Å². The summed E-state index contributed by atoms with van der Waals surface area (Å²) in [6.45, 7) is 2.10. The molecular weight excluding hydrogens is 216 g/mol. The number of nitrogens with one attached hydrogen (secondary N) is 1. The maximum atomic E-state index is 7.61. The van der Waals surface area contributed by atoms with Crippen LogP contribution < -0.4 is 5.73 Å². The zero-order valence-corrected chi connectivity index (χ0v) is 10.4. The second kappa shape index (κ2) is 4.91. The molecule has 0 heterocycles. The first kappa shape index (κ1) is 11.5. The van der Waals surface area contributed by atoms with E-state index in [9.17, 15) is 0 Å². The van der Waals surface area contributed by atoms with Crippen LogP contribution in [0, 0.1) is 12.3 Å². The first-order valence-electron chi connectivity index (χ1n) is 5.79. The molecule has 0 aromatic heterocycles. The average Bonchev–Trinajstić information content (AvgIpc) is 2.73. The van der Waals surface area contributed by atoms with E-state index in [1.54, 1.807) is 0 Å². The van der Waals surface area contributed by atoms with Crippen molar-refractivity contribution < 1.29 is 0 Å². The zero-order chi connectivity index (χ0) is 11.5. The van der Waals surface area contributed by atoms with Crippen LogP contribution in [0.1, 0.15) is 36.8 Å². The monoisotopic (exact) mass is 234 g/mol. The number of rotatable bonds is 3. The molecule has 0 spiro atoms. The Balaban J connectivity index is 2.26. The van der Waals surface area contributed by atoms with Gasteiger partial charge in [0.25, 0.3) is 0 Å². The Labute approximate surface area is 101 Å². The fourth-order valence-corrected chi connectivity index (χ4v) is 3.66. The second-order valence-electron chi connectivity index (χ2n) is 4.39. The summed E-state index contributed by atoms with van der Waals surface area (Å²) in [5, 5.41) is 8.33. The maximum Gasteiger partial charge on any atom is 0.123 e. The van der Waals surface area contributed by atoms with E-state index < -0.39 is 0 Å². The molecule has 0 unspecified atom stereocenters. The second-order valence-corrected chi connectivity index (χ2v) is 5.70. The third-order valence-electron chi connectivity index (χ3n) is 3.09. The van der Waals surface area contributed by atoms with Gasteiger partial charge in [0.2, 0.25) is 0 Å². The molecule has 1 aromatic rings. The van der Waals surface area contributed by atoms with Crippen LogP contribution in [0.3, 0.4) is 0 Å². The van der Waals surface area contributed by atoms with Crippen molar-refractivity contribution in [3.63, 3.8) is 0 Å². The van der Waals surface area contributed by atoms with Crippen molar-refractivity contribution in [3.8, 4) is 0 Å². The van der Waals surface area contributed by atoms with Crippen LogP contribution >= 0.6 is 11.8 Å². The van der Waals surface area contributed by atoms with Gasteiger partial charge in [0.1, 0.15) is 5.84 Å². The van der Waals surface area contributed by atoms with Crippen LogP contribution in [0.2, 0.25) is 0 Å². The van der Waals surface area contributed by atoms with Crippen LogP contribution in [0.25, 0.3) is 0 Å². The van der Waals surface area contributed by atoms with Gasteiger partial charge in [-0.3, -0.25) is 5.41 Å². The number of aryl methyl sites for hydroxylation is 1. The Kier molecular flexibility index (Phi) is 3.54. The van der Waals surface area contributed by atoms with E-state index in [0.29, 0.717) is 0 Å². The van der Waals surface area contributed by atoms with E-state index in [2.05, 4.69) is 13.0 Å². The number of thioether (sulfide) groups is 1. The van der Waals surface area contributed by atoms with Gasteiger partial charge in [-0.15, -0.1) is 11.8 Å². The molecule has 1 saturated carbocycles. The number of nitrogens with two attached hydrogens (primary N) is 1. The fraction of sp³-hybridized carbons (Fsp3) is 0.462. The van der Waals surface area contributed by atoms with Crippen molar-refractivity contribution in [2.24, 2.45) is 5.73 Å². The van der Waals surface area contributed by atoms with Crippen molar-refractivity contribution in [1.29, 1.82) is 5.41 Å². The van der Waals surface area contributed by atoms with Gasteiger partial charge in [0.15, 0.2) is 0 Å². The number of benzene rings is 1. The molecule has 0 atom stereocenters. The first-order chi connectivity index (χ1) is 7.68. The summed E-state index contributed by atoms with van der Waals surface area (Å²) >= 11 is 1.91. The van der Waals surface area contributed by atoms with E-state index in [1.165, 1.54) is 36.1 Å². The minimum atomic E-state index is 0.184. The molecule has 3 N–H and O–H groups in total. The molecule has 0 saturated heterocycles. The van der Waals surface area contributed by atoms with Gasteiger partial charge in [-0.05, 0) is 25.3 Å². The molecular formula is C13H18N2S. The molecule has 0 aliphatic heterocycles. The third kappa shape index (κ3) is 2.40. The predicted octanol–water partition coefficient (Wildman–Crippen LogP) is 3.31. The van der Waals surface area contributed by atoms with Gasteiger partial charge in [-0.2, -0.15) is 0 Å². The topological polar surface area (TPSA) is 49.9 Å². The van der Waals surface area contributed by atoms with Crippen LogP contribution in [0.4, 0.5) is 0 Å². The largest absolute Gasteiger partial charge is 0.384 e. The SMILES string of the molecule is Cc1cccc(C(=N)N)c1SC1CCCC1. The number of hydrogen-bond donors (Lipinski definition) is 2. The van der Waals surface area contributed by atoms with Gasteiger partial charge in [-0.1, -0.05) is 31.0 Å². The van der Waals surface area contributed by atoms with Crippen molar-refractivity contribution in [2.45, 2.75) is 42.8 Å². The smallest absolute Gasteiger partial charge is 0.123 e.